The van der Waals surface area contributed by atoms with E-state index in [9.17, 15) is 9.18 Å². The summed E-state index contributed by atoms with van der Waals surface area (Å²) in [6.07, 6.45) is 1.96. The quantitative estimate of drug-likeness (QED) is 0.754. The zero-order chi connectivity index (χ0) is 9.68. The fraction of sp³-hybridized carbons (Fsp3) is 0.333. The highest BCUT2D eigenvalue weighted by Gasteiger charge is 2.01. The highest BCUT2D eigenvalue weighted by molar-refractivity contribution is 5.72. The molecule has 1 N–H and O–H groups in total. The average Bonchev–Trinajstić information content (AvgIpc) is 2.08. The molecule has 0 aliphatic heterocycles. The van der Waals surface area contributed by atoms with E-state index in [0.717, 1.165) is 0 Å². The zero-order valence-electron chi connectivity index (χ0n) is 7.38. The van der Waals surface area contributed by atoms with E-state index in [4.69, 9.17) is 0 Å². The fourth-order valence-electron chi connectivity index (χ4n) is 0.959. The molecule has 13 heavy (non-hydrogen) atoms. The molecule has 3 nitrogen and oxygen atoms in total. The Kier molecular flexibility index (Phi) is 3.37. The smallest absolute Gasteiger partial charge is 0.216 e. The summed E-state index contributed by atoms with van der Waals surface area (Å²) in [4.78, 5) is 14.3. The molecule has 0 saturated heterocycles. The molecule has 0 atom stereocenters. The van der Waals surface area contributed by atoms with Gasteiger partial charge in [-0.25, -0.2) is 4.39 Å². The topological polar surface area (TPSA) is 42.0 Å². The Morgan fingerprint density at radius 3 is 3.08 bits per heavy atom. The number of hydrogen-bond acceptors (Lipinski definition) is 2. The number of nitrogens with one attached hydrogen (secondary N) is 1. The Morgan fingerprint density at radius 2 is 2.46 bits per heavy atom. The van der Waals surface area contributed by atoms with Gasteiger partial charge in [-0.15, -0.1) is 0 Å². The van der Waals surface area contributed by atoms with Gasteiger partial charge in [0.15, 0.2) is 0 Å². The molecule has 0 aliphatic rings. The maximum Gasteiger partial charge on any atom is 0.216 e. The summed E-state index contributed by atoms with van der Waals surface area (Å²) >= 11 is 0. The van der Waals surface area contributed by atoms with Gasteiger partial charge >= 0.3 is 0 Å². The lowest BCUT2D eigenvalue weighted by atomic mass is 10.2. The van der Waals surface area contributed by atoms with Crippen molar-refractivity contribution in [1.29, 1.82) is 0 Å². The number of pyridine rings is 1. The number of nitrogens with zero attached hydrogens (tertiary/aromatic N) is 1. The lowest BCUT2D eigenvalue weighted by Crippen LogP contribution is -2.23. The van der Waals surface area contributed by atoms with E-state index in [1.54, 1.807) is 0 Å². The number of rotatable bonds is 3. The van der Waals surface area contributed by atoms with Gasteiger partial charge in [-0.3, -0.25) is 9.78 Å². The van der Waals surface area contributed by atoms with Crippen LogP contribution in [0.15, 0.2) is 18.3 Å². The van der Waals surface area contributed by atoms with Crippen molar-refractivity contribution in [2.45, 2.75) is 13.3 Å². The monoisotopic (exact) mass is 182 g/mol. The second kappa shape index (κ2) is 4.54. The summed E-state index contributed by atoms with van der Waals surface area (Å²) in [5.74, 6) is -0.441. The number of amides is 1. The van der Waals surface area contributed by atoms with Crippen molar-refractivity contribution in [2.75, 3.05) is 6.54 Å². The fourth-order valence-corrected chi connectivity index (χ4v) is 0.959. The van der Waals surface area contributed by atoms with Crippen LogP contribution in [0.2, 0.25) is 0 Å². The molecule has 0 aliphatic carbocycles. The van der Waals surface area contributed by atoms with Gasteiger partial charge in [-0.05, 0) is 12.1 Å². The van der Waals surface area contributed by atoms with Gasteiger partial charge in [0.2, 0.25) is 5.91 Å². The van der Waals surface area contributed by atoms with Gasteiger partial charge in [0.1, 0.15) is 5.82 Å². The van der Waals surface area contributed by atoms with Crippen LogP contribution in [0.5, 0.6) is 0 Å². The Bertz CT molecular complexity index is 301. The van der Waals surface area contributed by atoms with Crippen molar-refractivity contribution in [3.8, 4) is 0 Å². The molecule has 0 bridgehead atoms. The van der Waals surface area contributed by atoms with Gasteiger partial charge in [0.25, 0.3) is 0 Å². The maximum absolute atomic E-state index is 12.9. The minimum Gasteiger partial charge on any atom is -0.356 e. The molecule has 0 radical (unpaired) electrons. The summed E-state index contributed by atoms with van der Waals surface area (Å²) < 4.78 is 12.9. The molecule has 1 aromatic rings. The number of carbonyl (C=O) groups is 1. The molecular formula is C9H11FN2O. The van der Waals surface area contributed by atoms with Gasteiger partial charge in [-0.1, -0.05) is 0 Å². The number of halogens is 1. The maximum atomic E-state index is 12.9. The molecule has 1 amide bonds. The van der Waals surface area contributed by atoms with Gasteiger partial charge in [0, 0.05) is 26.1 Å². The summed E-state index contributed by atoms with van der Waals surface area (Å²) in [5.41, 5.74) is 0.385. The Balaban J connectivity index is 2.45. The Morgan fingerprint density at radius 1 is 1.69 bits per heavy atom. The standard InChI is InChI=1S/C9H11FN2O/c1-7(13)11-6-4-9-8(10)3-2-5-12-9/h2-3,5H,4,6H2,1H3,(H,11,13). The molecule has 1 rings (SSSR count). The first kappa shape index (κ1) is 9.64. The molecule has 0 saturated carbocycles. The lowest BCUT2D eigenvalue weighted by molar-refractivity contribution is -0.118. The van der Waals surface area contributed by atoms with E-state index in [-0.39, 0.29) is 11.7 Å². The van der Waals surface area contributed by atoms with Crippen molar-refractivity contribution in [2.24, 2.45) is 0 Å². The van der Waals surface area contributed by atoms with Gasteiger partial charge in [-0.2, -0.15) is 0 Å². The van der Waals surface area contributed by atoms with Gasteiger partial charge in [0.05, 0.1) is 5.69 Å². The molecule has 0 fully saturated rings. The van der Waals surface area contributed by atoms with Gasteiger partial charge < -0.3 is 5.32 Å². The molecule has 70 valence electrons. The summed E-state index contributed by atoms with van der Waals surface area (Å²) in [7, 11) is 0. The molecule has 4 heteroatoms. The van der Waals surface area contributed by atoms with E-state index in [2.05, 4.69) is 10.3 Å². The predicted molar refractivity (Wildman–Crippen MR) is 46.6 cm³/mol. The van der Waals surface area contributed by atoms with Crippen molar-refractivity contribution in [3.63, 3.8) is 0 Å². The van der Waals surface area contributed by atoms with E-state index < -0.39 is 0 Å². The molecule has 0 aromatic carbocycles. The van der Waals surface area contributed by atoms with Crippen LogP contribution < -0.4 is 5.32 Å². The molecule has 0 unspecified atom stereocenters. The third-order valence-electron chi connectivity index (χ3n) is 1.57. The molecular weight excluding hydrogens is 171 g/mol. The zero-order valence-corrected chi connectivity index (χ0v) is 7.38. The molecule has 1 aromatic heterocycles. The lowest BCUT2D eigenvalue weighted by Gasteiger charge is -2.01. The van der Waals surface area contributed by atoms with Crippen LogP contribution in [0.25, 0.3) is 0 Å². The summed E-state index contributed by atoms with van der Waals surface area (Å²) in [5, 5.41) is 2.58. The second-order valence-corrected chi connectivity index (χ2v) is 2.66. The second-order valence-electron chi connectivity index (χ2n) is 2.66. The SMILES string of the molecule is CC(=O)NCCc1ncccc1F. The van der Waals surface area contributed by atoms with Crippen LogP contribution in [-0.4, -0.2) is 17.4 Å². The van der Waals surface area contributed by atoms with Crippen LogP contribution in [0.3, 0.4) is 0 Å². The van der Waals surface area contributed by atoms with Crippen LogP contribution in [-0.2, 0) is 11.2 Å². The summed E-state index contributed by atoms with van der Waals surface area (Å²) in [6, 6.07) is 2.90. The van der Waals surface area contributed by atoms with Crippen molar-refractivity contribution in [1.82, 2.24) is 10.3 Å². The third-order valence-corrected chi connectivity index (χ3v) is 1.57. The summed E-state index contributed by atoms with van der Waals surface area (Å²) in [6.45, 7) is 1.85. The van der Waals surface area contributed by atoms with Crippen molar-refractivity contribution < 1.29 is 9.18 Å². The first-order valence-electron chi connectivity index (χ1n) is 4.04. The van der Waals surface area contributed by atoms with E-state index >= 15 is 0 Å². The van der Waals surface area contributed by atoms with E-state index in [1.807, 2.05) is 0 Å². The van der Waals surface area contributed by atoms with E-state index in [0.29, 0.717) is 18.7 Å². The Hall–Kier alpha value is -1.45. The largest absolute Gasteiger partial charge is 0.356 e. The normalized spacial score (nSPS) is 9.69. The Labute approximate surface area is 76.0 Å². The number of hydrogen-bond donors (Lipinski definition) is 1. The van der Waals surface area contributed by atoms with Crippen molar-refractivity contribution >= 4 is 5.91 Å². The third kappa shape index (κ3) is 3.19. The first-order chi connectivity index (χ1) is 6.20. The highest BCUT2D eigenvalue weighted by Crippen LogP contribution is 2.01. The van der Waals surface area contributed by atoms with Crippen LogP contribution in [0, 0.1) is 5.82 Å². The number of aromatic nitrogens is 1. The van der Waals surface area contributed by atoms with Crippen LogP contribution >= 0.6 is 0 Å². The average molecular weight is 182 g/mol. The minimum atomic E-state index is -0.326. The van der Waals surface area contributed by atoms with Crippen LogP contribution in [0.4, 0.5) is 4.39 Å². The van der Waals surface area contributed by atoms with Crippen LogP contribution in [0.1, 0.15) is 12.6 Å². The molecule has 0 spiro atoms. The minimum absolute atomic E-state index is 0.115. The molecule has 1 heterocycles. The predicted octanol–water partition coefficient (Wildman–Crippen LogP) is 0.899. The first-order valence-corrected chi connectivity index (χ1v) is 4.04. The van der Waals surface area contributed by atoms with E-state index in [1.165, 1.54) is 25.3 Å². The highest BCUT2D eigenvalue weighted by atomic mass is 19.1. The number of carbonyl (C=O) groups excluding carboxylic acids is 1. The van der Waals surface area contributed by atoms with Crippen molar-refractivity contribution in [3.05, 3.63) is 29.8 Å².